The van der Waals surface area contributed by atoms with Gasteiger partial charge in [0.25, 0.3) is 0 Å². The van der Waals surface area contributed by atoms with E-state index in [1.807, 2.05) is 0 Å². The lowest BCUT2D eigenvalue weighted by Crippen LogP contribution is -2.32. The molecule has 5 nitrogen and oxygen atoms in total. The van der Waals surface area contributed by atoms with E-state index in [0.717, 1.165) is 25.0 Å². The minimum atomic E-state index is 0.140. The zero-order valence-electron chi connectivity index (χ0n) is 10.5. The maximum absolute atomic E-state index is 5.78. The number of aromatic nitrogens is 2. The maximum Gasteiger partial charge on any atom is 0.318 e. The van der Waals surface area contributed by atoms with Crippen molar-refractivity contribution in [3.05, 3.63) is 5.89 Å². The fraction of sp³-hybridized carbons (Fsp3) is 0.833. The van der Waals surface area contributed by atoms with Crippen molar-refractivity contribution < 1.29 is 4.42 Å². The molecule has 2 fully saturated rings. The van der Waals surface area contributed by atoms with Gasteiger partial charge in [0.05, 0.1) is 6.04 Å². The second-order valence-corrected chi connectivity index (χ2v) is 5.19. The standard InChI is InChI=1S/C12H20N4O/c1-3-13-8(2)11-14-15-12(17-11)16-7-9-4-5-10(16)6-9/h8-10,13H,3-7H2,1-2H3. The molecule has 17 heavy (non-hydrogen) atoms. The SMILES string of the molecule is CCNC(C)c1nnc(N2CC3CCC2C3)o1. The molecule has 1 saturated heterocycles. The molecule has 94 valence electrons. The summed E-state index contributed by atoms with van der Waals surface area (Å²) in [5, 5.41) is 11.6. The predicted octanol–water partition coefficient (Wildman–Crippen LogP) is 1.73. The Morgan fingerprint density at radius 2 is 2.35 bits per heavy atom. The first-order valence-corrected chi connectivity index (χ1v) is 6.61. The number of anilines is 1. The van der Waals surface area contributed by atoms with Crippen LogP contribution in [0.1, 0.15) is 45.0 Å². The lowest BCUT2D eigenvalue weighted by Gasteiger charge is -2.24. The molecule has 0 aromatic carbocycles. The van der Waals surface area contributed by atoms with Crippen molar-refractivity contribution in [1.82, 2.24) is 15.5 Å². The van der Waals surface area contributed by atoms with Gasteiger partial charge in [0.2, 0.25) is 5.89 Å². The lowest BCUT2D eigenvalue weighted by atomic mass is 10.1. The van der Waals surface area contributed by atoms with Gasteiger partial charge in [-0.1, -0.05) is 12.0 Å². The van der Waals surface area contributed by atoms with Crippen molar-refractivity contribution in [3.8, 4) is 0 Å². The van der Waals surface area contributed by atoms with Gasteiger partial charge in [-0.05, 0) is 38.6 Å². The summed E-state index contributed by atoms with van der Waals surface area (Å²) in [5.41, 5.74) is 0. The number of rotatable bonds is 4. The van der Waals surface area contributed by atoms with Crippen LogP contribution in [0, 0.1) is 5.92 Å². The number of nitrogens with zero attached hydrogens (tertiary/aromatic N) is 3. The summed E-state index contributed by atoms with van der Waals surface area (Å²) in [4.78, 5) is 2.29. The van der Waals surface area contributed by atoms with Crippen LogP contribution in [0.4, 0.5) is 6.01 Å². The van der Waals surface area contributed by atoms with Crippen LogP contribution in [0.3, 0.4) is 0 Å². The summed E-state index contributed by atoms with van der Waals surface area (Å²) in [5.74, 6) is 1.55. The van der Waals surface area contributed by atoms with Gasteiger partial charge in [-0.25, -0.2) is 0 Å². The van der Waals surface area contributed by atoms with Crippen LogP contribution < -0.4 is 10.2 Å². The minimum absolute atomic E-state index is 0.140. The van der Waals surface area contributed by atoms with E-state index in [0.29, 0.717) is 11.9 Å². The molecule has 1 aliphatic carbocycles. The Labute approximate surface area is 102 Å². The molecule has 5 heteroatoms. The molecule has 1 aliphatic heterocycles. The number of hydrogen-bond donors (Lipinski definition) is 1. The van der Waals surface area contributed by atoms with Crippen molar-refractivity contribution in [3.63, 3.8) is 0 Å². The molecule has 1 aromatic heterocycles. The van der Waals surface area contributed by atoms with Gasteiger partial charge in [0, 0.05) is 12.6 Å². The largest absolute Gasteiger partial charge is 0.406 e. The van der Waals surface area contributed by atoms with E-state index in [-0.39, 0.29) is 6.04 Å². The minimum Gasteiger partial charge on any atom is -0.406 e. The molecule has 3 rings (SSSR count). The lowest BCUT2D eigenvalue weighted by molar-refractivity contribution is 0.409. The van der Waals surface area contributed by atoms with E-state index in [1.54, 1.807) is 0 Å². The van der Waals surface area contributed by atoms with E-state index in [9.17, 15) is 0 Å². The van der Waals surface area contributed by atoms with Crippen LogP contribution in [0.5, 0.6) is 0 Å². The highest BCUT2D eigenvalue weighted by molar-refractivity contribution is 5.31. The molecular formula is C12H20N4O. The van der Waals surface area contributed by atoms with Crippen LogP contribution in [-0.2, 0) is 0 Å². The van der Waals surface area contributed by atoms with Gasteiger partial charge in [0.15, 0.2) is 0 Å². The number of piperidine rings is 1. The molecule has 1 N–H and O–H groups in total. The summed E-state index contributed by atoms with van der Waals surface area (Å²) >= 11 is 0. The molecule has 3 atom stereocenters. The summed E-state index contributed by atoms with van der Waals surface area (Å²) in [6, 6.07) is 1.50. The molecular weight excluding hydrogens is 216 g/mol. The number of hydrogen-bond acceptors (Lipinski definition) is 5. The first-order valence-electron chi connectivity index (χ1n) is 6.61. The van der Waals surface area contributed by atoms with E-state index in [2.05, 4.69) is 34.3 Å². The van der Waals surface area contributed by atoms with E-state index in [4.69, 9.17) is 4.42 Å². The zero-order valence-corrected chi connectivity index (χ0v) is 10.5. The molecule has 0 spiro atoms. The first-order chi connectivity index (χ1) is 8.28. The summed E-state index contributed by atoms with van der Waals surface area (Å²) < 4.78 is 5.78. The summed E-state index contributed by atoms with van der Waals surface area (Å²) in [7, 11) is 0. The highest BCUT2D eigenvalue weighted by atomic mass is 16.4. The Bertz CT molecular complexity index is 392. The highest BCUT2D eigenvalue weighted by Gasteiger charge is 2.40. The number of fused-ring (bicyclic) bond motifs is 2. The molecule has 2 heterocycles. The topological polar surface area (TPSA) is 54.2 Å². The second kappa shape index (κ2) is 4.29. The van der Waals surface area contributed by atoms with Crippen LogP contribution >= 0.6 is 0 Å². The Morgan fingerprint density at radius 3 is 3.00 bits per heavy atom. The zero-order chi connectivity index (χ0) is 11.8. The van der Waals surface area contributed by atoms with Gasteiger partial charge in [-0.2, -0.15) is 0 Å². The summed E-state index contributed by atoms with van der Waals surface area (Å²) in [6.45, 7) is 6.14. The van der Waals surface area contributed by atoms with E-state index in [1.165, 1.54) is 19.3 Å². The maximum atomic E-state index is 5.78. The van der Waals surface area contributed by atoms with Crippen LogP contribution in [0.2, 0.25) is 0 Å². The summed E-state index contributed by atoms with van der Waals surface area (Å²) in [6.07, 6.45) is 3.96. The molecule has 2 aliphatic rings. The normalized spacial score (nSPS) is 28.9. The Morgan fingerprint density at radius 1 is 1.47 bits per heavy atom. The Hall–Kier alpha value is -1.10. The van der Waals surface area contributed by atoms with Crippen LogP contribution in [-0.4, -0.2) is 29.3 Å². The Balaban J connectivity index is 1.72. The van der Waals surface area contributed by atoms with Crippen molar-refractivity contribution in [2.75, 3.05) is 18.0 Å². The average Bonchev–Trinajstić information content (AvgIpc) is 3.05. The van der Waals surface area contributed by atoms with Gasteiger partial charge < -0.3 is 14.6 Å². The van der Waals surface area contributed by atoms with Gasteiger partial charge >= 0.3 is 6.01 Å². The van der Waals surface area contributed by atoms with Gasteiger partial charge in [-0.3, -0.25) is 0 Å². The molecule has 2 bridgehead atoms. The fourth-order valence-electron chi connectivity index (χ4n) is 3.07. The monoisotopic (exact) mass is 236 g/mol. The molecule has 1 aromatic rings. The predicted molar refractivity (Wildman–Crippen MR) is 64.9 cm³/mol. The highest BCUT2D eigenvalue weighted by Crippen LogP contribution is 2.39. The average molecular weight is 236 g/mol. The molecule has 0 radical (unpaired) electrons. The molecule has 0 amide bonds. The van der Waals surface area contributed by atoms with Crippen molar-refractivity contribution in [2.45, 2.75) is 45.2 Å². The smallest absolute Gasteiger partial charge is 0.318 e. The fourth-order valence-corrected chi connectivity index (χ4v) is 3.07. The van der Waals surface area contributed by atoms with E-state index >= 15 is 0 Å². The molecule has 1 saturated carbocycles. The van der Waals surface area contributed by atoms with Gasteiger partial charge in [0.1, 0.15) is 0 Å². The third-order valence-electron chi connectivity index (χ3n) is 3.97. The van der Waals surface area contributed by atoms with Crippen LogP contribution in [0.15, 0.2) is 4.42 Å². The number of nitrogens with one attached hydrogen (secondary N) is 1. The van der Waals surface area contributed by atoms with Crippen molar-refractivity contribution in [2.24, 2.45) is 5.92 Å². The quantitative estimate of drug-likeness (QED) is 0.862. The second-order valence-electron chi connectivity index (χ2n) is 5.19. The van der Waals surface area contributed by atoms with Crippen molar-refractivity contribution in [1.29, 1.82) is 0 Å². The third-order valence-corrected chi connectivity index (χ3v) is 3.97. The molecule has 3 unspecified atom stereocenters. The van der Waals surface area contributed by atoms with Crippen molar-refractivity contribution >= 4 is 6.01 Å². The first kappa shape index (κ1) is 11.0. The van der Waals surface area contributed by atoms with E-state index < -0.39 is 0 Å². The van der Waals surface area contributed by atoms with Crippen LogP contribution in [0.25, 0.3) is 0 Å². The third kappa shape index (κ3) is 1.92. The Kier molecular flexibility index (Phi) is 2.78. The van der Waals surface area contributed by atoms with Gasteiger partial charge in [-0.15, -0.1) is 5.10 Å².